The van der Waals surface area contributed by atoms with Crippen LogP contribution in [0.25, 0.3) is 11.1 Å². The van der Waals surface area contributed by atoms with E-state index < -0.39 is 0 Å². The summed E-state index contributed by atoms with van der Waals surface area (Å²) in [6.07, 6.45) is 2.29. The van der Waals surface area contributed by atoms with Crippen molar-refractivity contribution in [2.24, 2.45) is 0 Å². The van der Waals surface area contributed by atoms with Crippen molar-refractivity contribution in [2.75, 3.05) is 37.5 Å². The van der Waals surface area contributed by atoms with Crippen LogP contribution in [0.5, 0.6) is 0 Å². The van der Waals surface area contributed by atoms with Crippen molar-refractivity contribution in [3.05, 3.63) is 47.5 Å². The molecule has 2 heteroatoms. The van der Waals surface area contributed by atoms with Crippen LogP contribution in [0, 0.1) is 0 Å². The van der Waals surface area contributed by atoms with Gasteiger partial charge < -0.3 is 9.80 Å². The molecule has 3 rings (SSSR count). The highest BCUT2D eigenvalue weighted by Crippen LogP contribution is 2.37. The van der Waals surface area contributed by atoms with Crippen molar-refractivity contribution in [3.8, 4) is 11.1 Å². The zero-order valence-corrected chi connectivity index (χ0v) is 13.5. The topological polar surface area (TPSA) is 6.48 Å². The third-order valence-corrected chi connectivity index (χ3v) is 4.56. The van der Waals surface area contributed by atoms with Crippen LogP contribution in [0.3, 0.4) is 0 Å². The zero-order chi connectivity index (χ0) is 15.0. The SMILES string of the molecule is CCN(C)c1ccc2c(c1)CCc1cc(N(C)C)ccc1-2. The maximum Gasteiger partial charge on any atom is 0.0366 e. The van der Waals surface area contributed by atoms with Crippen LogP contribution < -0.4 is 9.80 Å². The van der Waals surface area contributed by atoms with E-state index in [1.54, 1.807) is 0 Å². The van der Waals surface area contributed by atoms with Gasteiger partial charge in [0.05, 0.1) is 0 Å². The lowest BCUT2D eigenvalue weighted by molar-refractivity contribution is 0.926. The van der Waals surface area contributed by atoms with Gasteiger partial charge in [-0.1, -0.05) is 12.1 Å². The summed E-state index contributed by atoms with van der Waals surface area (Å²) in [6.45, 7) is 3.24. The van der Waals surface area contributed by atoms with E-state index in [0.717, 1.165) is 19.4 Å². The normalized spacial score (nSPS) is 12.6. The number of fused-ring (bicyclic) bond motifs is 3. The molecule has 21 heavy (non-hydrogen) atoms. The summed E-state index contributed by atoms with van der Waals surface area (Å²) in [5.74, 6) is 0. The molecule has 0 bridgehead atoms. The molecule has 0 saturated carbocycles. The third-order valence-electron chi connectivity index (χ3n) is 4.56. The lowest BCUT2D eigenvalue weighted by Gasteiger charge is -2.25. The summed E-state index contributed by atoms with van der Waals surface area (Å²) >= 11 is 0. The van der Waals surface area contributed by atoms with Crippen LogP contribution in [-0.2, 0) is 12.8 Å². The van der Waals surface area contributed by atoms with E-state index in [4.69, 9.17) is 0 Å². The molecule has 0 aliphatic heterocycles. The quantitative estimate of drug-likeness (QED) is 0.839. The summed E-state index contributed by atoms with van der Waals surface area (Å²) < 4.78 is 0. The molecule has 0 amide bonds. The maximum atomic E-state index is 2.36. The molecule has 0 saturated heterocycles. The summed E-state index contributed by atoms with van der Waals surface area (Å²) in [4.78, 5) is 4.47. The molecule has 1 aliphatic carbocycles. The maximum absolute atomic E-state index is 2.36. The molecule has 110 valence electrons. The van der Waals surface area contributed by atoms with Crippen molar-refractivity contribution < 1.29 is 0 Å². The van der Waals surface area contributed by atoms with Crippen molar-refractivity contribution >= 4 is 11.4 Å². The van der Waals surface area contributed by atoms with Crippen LogP contribution in [0.15, 0.2) is 36.4 Å². The number of nitrogens with zero attached hydrogens (tertiary/aromatic N) is 2. The highest BCUT2D eigenvalue weighted by Gasteiger charge is 2.17. The minimum atomic E-state index is 1.04. The highest BCUT2D eigenvalue weighted by atomic mass is 15.1. The Kier molecular flexibility index (Phi) is 3.62. The van der Waals surface area contributed by atoms with Gasteiger partial charge in [0.15, 0.2) is 0 Å². The summed E-state index contributed by atoms with van der Waals surface area (Å²) in [5, 5.41) is 0. The highest BCUT2D eigenvalue weighted by molar-refractivity contribution is 5.77. The van der Waals surface area contributed by atoms with Gasteiger partial charge in [0.25, 0.3) is 0 Å². The fourth-order valence-corrected chi connectivity index (χ4v) is 3.07. The van der Waals surface area contributed by atoms with Crippen LogP contribution in [0.4, 0.5) is 11.4 Å². The molecule has 2 aromatic rings. The minimum absolute atomic E-state index is 1.04. The first-order valence-corrected chi connectivity index (χ1v) is 7.75. The predicted octanol–water partition coefficient (Wildman–Crippen LogP) is 3.97. The second-order valence-corrected chi connectivity index (χ2v) is 6.09. The van der Waals surface area contributed by atoms with Gasteiger partial charge in [0.2, 0.25) is 0 Å². The van der Waals surface area contributed by atoms with Gasteiger partial charge in [0, 0.05) is 39.1 Å². The second kappa shape index (κ2) is 5.44. The van der Waals surface area contributed by atoms with Gasteiger partial charge >= 0.3 is 0 Å². The average molecular weight is 280 g/mol. The van der Waals surface area contributed by atoms with Crippen LogP contribution in [0.1, 0.15) is 18.1 Å². The Morgan fingerprint density at radius 3 is 1.86 bits per heavy atom. The largest absolute Gasteiger partial charge is 0.378 e. The molecule has 0 radical (unpaired) electrons. The van der Waals surface area contributed by atoms with Crippen LogP contribution >= 0.6 is 0 Å². The average Bonchev–Trinajstić information content (AvgIpc) is 2.52. The molecular formula is C19H24N2. The first kappa shape index (κ1) is 14.0. The molecule has 0 fully saturated rings. The predicted molar refractivity (Wildman–Crippen MR) is 92.6 cm³/mol. The molecule has 0 N–H and O–H groups in total. The number of rotatable bonds is 3. The van der Waals surface area contributed by atoms with E-state index in [1.165, 1.54) is 33.6 Å². The monoisotopic (exact) mass is 280 g/mol. The molecule has 0 atom stereocenters. The Labute approximate surface area is 128 Å². The van der Waals surface area contributed by atoms with Gasteiger partial charge in [-0.25, -0.2) is 0 Å². The zero-order valence-electron chi connectivity index (χ0n) is 13.5. The van der Waals surface area contributed by atoms with E-state index in [9.17, 15) is 0 Å². The van der Waals surface area contributed by atoms with Crippen molar-refractivity contribution in [1.29, 1.82) is 0 Å². The summed E-state index contributed by atoms with van der Waals surface area (Å²) in [7, 11) is 6.36. The molecular weight excluding hydrogens is 256 g/mol. The second-order valence-electron chi connectivity index (χ2n) is 6.09. The molecule has 0 aromatic heterocycles. The number of benzene rings is 2. The van der Waals surface area contributed by atoms with Crippen molar-refractivity contribution in [3.63, 3.8) is 0 Å². The Hall–Kier alpha value is -1.96. The third kappa shape index (κ3) is 2.51. The van der Waals surface area contributed by atoms with Gasteiger partial charge in [0.1, 0.15) is 0 Å². The fraction of sp³-hybridized carbons (Fsp3) is 0.368. The van der Waals surface area contributed by atoms with E-state index in [0.29, 0.717) is 0 Å². The molecule has 0 spiro atoms. The van der Waals surface area contributed by atoms with Gasteiger partial charge in [-0.2, -0.15) is 0 Å². The number of anilines is 2. The van der Waals surface area contributed by atoms with Crippen LogP contribution in [0.2, 0.25) is 0 Å². The number of hydrogen-bond donors (Lipinski definition) is 0. The molecule has 2 nitrogen and oxygen atoms in total. The summed E-state index contributed by atoms with van der Waals surface area (Å²) in [6, 6.07) is 13.7. The number of aryl methyl sites for hydroxylation is 2. The molecule has 0 unspecified atom stereocenters. The standard InChI is InChI=1S/C19H24N2/c1-5-21(4)17-9-11-19-15(13-17)7-6-14-12-16(20(2)3)8-10-18(14)19/h8-13H,5-7H2,1-4H3. The van der Waals surface area contributed by atoms with E-state index in [2.05, 4.69) is 74.3 Å². The summed E-state index contributed by atoms with van der Waals surface area (Å²) in [5.41, 5.74) is 8.40. The van der Waals surface area contributed by atoms with Crippen LogP contribution in [-0.4, -0.2) is 27.7 Å². The van der Waals surface area contributed by atoms with Gasteiger partial charge in [-0.3, -0.25) is 0 Å². The number of hydrogen-bond acceptors (Lipinski definition) is 2. The Bertz CT molecular complexity index is 659. The molecule has 1 aliphatic rings. The van der Waals surface area contributed by atoms with E-state index in [-0.39, 0.29) is 0 Å². The van der Waals surface area contributed by atoms with Gasteiger partial charge in [-0.15, -0.1) is 0 Å². The minimum Gasteiger partial charge on any atom is -0.378 e. The Morgan fingerprint density at radius 1 is 0.810 bits per heavy atom. The molecule has 0 heterocycles. The smallest absolute Gasteiger partial charge is 0.0366 e. The van der Waals surface area contributed by atoms with E-state index in [1.807, 2.05) is 0 Å². The lowest BCUT2D eigenvalue weighted by Crippen LogP contribution is -2.16. The first-order valence-electron chi connectivity index (χ1n) is 7.75. The Balaban J connectivity index is 2.03. The van der Waals surface area contributed by atoms with Gasteiger partial charge in [-0.05, 0) is 66.3 Å². The van der Waals surface area contributed by atoms with Crippen molar-refractivity contribution in [1.82, 2.24) is 0 Å². The molecule has 2 aromatic carbocycles. The Morgan fingerprint density at radius 2 is 1.33 bits per heavy atom. The van der Waals surface area contributed by atoms with E-state index >= 15 is 0 Å². The first-order chi connectivity index (χ1) is 10.1. The fourth-order valence-electron chi connectivity index (χ4n) is 3.07. The lowest BCUT2D eigenvalue weighted by atomic mass is 9.85. The van der Waals surface area contributed by atoms with Crippen molar-refractivity contribution in [2.45, 2.75) is 19.8 Å².